The van der Waals surface area contributed by atoms with Crippen molar-refractivity contribution in [2.75, 3.05) is 5.32 Å². The van der Waals surface area contributed by atoms with Crippen molar-refractivity contribution in [2.24, 2.45) is 0 Å². The van der Waals surface area contributed by atoms with E-state index in [9.17, 15) is 9.90 Å². The molecule has 7 heteroatoms. The molecule has 1 aromatic rings. The van der Waals surface area contributed by atoms with E-state index >= 15 is 0 Å². The van der Waals surface area contributed by atoms with E-state index in [0.717, 1.165) is 12.8 Å². The van der Waals surface area contributed by atoms with Gasteiger partial charge in [-0.05, 0) is 25.7 Å². The maximum atomic E-state index is 12.1. The Morgan fingerprint density at radius 2 is 2.18 bits per heavy atom. The molecule has 0 saturated carbocycles. The highest BCUT2D eigenvalue weighted by molar-refractivity contribution is 7.13. The van der Waals surface area contributed by atoms with Crippen LogP contribution in [0.5, 0.6) is 0 Å². The molecule has 2 N–H and O–H groups in total. The van der Waals surface area contributed by atoms with Crippen LogP contribution in [0, 0.1) is 0 Å². The number of nitrogens with zero attached hydrogens (tertiary/aromatic N) is 3. The monoisotopic (exact) mass is 254 g/mol. The molecule has 1 aromatic heterocycles. The molecule has 2 saturated heterocycles. The predicted octanol–water partition coefficient (Wildman–Crippen LogP) is 1.06. The second kappa shape index (κ2) is 4.23. The normalized spacial score (nSPS) is 31.6. The highest BCUT2D eigenvalue weighted by atomic mass is 32.1. The van der Waals surface area contributed by atoms with Crippen LogP contribution in [0.25, 0.3) is 0 Å². The minimum absolute atomic E-state index is 0.110. The summed E-state index contributed by atoms with van der Waals surface area (Å²) in [4.78, 5) is 14.0. The van der Waals surface area contributed by atoms with Gasteiger partial charge >= 0.3 is 6.03 Å². The Kier molecular flexibility index (Phi) is 2.71. The first kappa shape index (κ1) is 10.9. The fourth-order valence-corrected chi connectivity index (χ4v) is 3.30. The van der Waals surface area contributed by atoms with E-state index in [1.54, 1.807) is 5.51 Å². The number of rotatable bonds is 1. The van der Waals surface area contributed by atoms with Crippen LogP contribution < -0.4 is 5.32 Å². The van der Waals surface area contributed by atoms with E-state index in [0.29, 0.717) is 18.0 Å². The van der Waals surface area contributed by atoms with Crippen LogP contribution in [0.15, 0.2) is 5.51 Å². The number of carbonyl (C=O) groups is 1. The van der Waals surface area contributed by atoms with Crippen LogP contribution in [0.3, 0.4) is 0 Å². The van der Waals surface area contributed by atoms with Gasteiger partial charge in [0.2, 0.25) is 5.13 Å². The Hall–Kier alpha value is -1.21. The Balaban J connectivity index is 1.70. The van der Waals surface area contributed by atoms with E-state index < -0.39 is 0 Å². The number of carbonyl (C=O) groups excluding carboxylic acids is 1. The lowest BCUT2D eigenvalue weighted by Gasteiger charge is -2.36. The van der Waals surface area contributed by atoms with Crippen molar-refractivity contribution in [3.8, 4) is 0 Å². The summed E-state index contributed by atoms with van der Waals surface area (Å²) in [5.74, 6) is 0. The van der Waals surface area contributed by atoms with Gasteiger partial charge in [0.25, 0.3) is 0 Å². The minimum Gasteiger partial charge on any atom is -0.393 e. The van der Waals surface area contributed by atoms with Crippen molar-refractivity contribution >= 4 is 22.5 Å². The largest absolute Gasteiger partial charge is 0.393 e. The third-order valence-corrected chi connectivity index (χ3v) is 4.12. The molecule has 3 rings (SSSR count). The summed E-state index contributed by atoms with van der Waals surface area (Å²) in [5.41, 5.74) is 1.59. The minimum atomic E-state index is -0.252. The summed E-state index contributed by atoms with van der Waals surface area (Å²) in [6, 6.07) is 0.245. The number of aromatic nitrogens is 2. The Morgan fingerprint density at radius 3 is 2.76 bits per heavy atom. The number of amides is 2. The van der Waals surface area contributed by atoms with Gasteiger partial charge in [-0.15, -0.1) is 10.2 Å². The third-order valence-electron chi connectivity index (χ3n) is 3.52. The highest BCUT2D eigenvalue weighted by Crippen LogP contribution is 2.36. The summed E-state index contributed by atoms with van der Waals surface area (Å²) >= 11 is 1.31. The van der Waals surface area contributed by atoms with Crippen molar-refractivity contribution in [3.63, 3.8) is 0 Å². The number of urea groups is 1. The van der Waals surface area contributed by atoms with Gasteiger partial charge in [-0.1, -0.05) is 11.3 Å². The van der Waals surface area contributed by atoms with Gasteiger partial charge in [-0.2, -0.15) is 0 Å². The second-order valence-corrected chi connectivity index (χ2v) is 5.42. The number of nitrogens with one attached hydrogen (secondary N) is 1. The molecular formula is C10H14N4O2S. The lowest BCUT2D eigenvalue weighted by Crippen LogP contribution is -2.49. The molecule has 2 fully saturated rings. The molecule has 2 aliphatic rings. The van der Waals surface area contributed by atoms with Gasteiger partial charge in [-0.25, -0.2) is 4.79 Å². The molecule has 3 heterocycles. The predicted molar refractivity (Wildman–Crippen MR) is 62.8 cm³/mol. The molecule has 0 spiro atoms. The number of hydrogen-bond donors (Lipinski definition) is 2. The topological polar surface area (TPSA) is 78.4 Å². The number of fused-ring (bicyclic) bond motifs is 2. The SMILES string of the molecule is O=C(Nc1nncs1)N1[C@@H]2CC[C@H]1CC(O)C2. The van der Waals surface area contributed by atoms with E-state index in [1.807, 2.05) is 4.90 Å². The smallest absolute Gasteiger partial charge is 0.324 e. The van der Waals surface area contributed by atoms with Crippen molar-refractivity contribution in [3.05, 3.63) is 5.51 Å². The summed E-state index contributed by atoms with van der Waals surface area (Å²) in [5, 5.41) is 20.4. The van der Waals surface area contributed by atoms with E-state index in [-0.39, 0.29) is 24.2 Å². The van der Waals surface area contributed by atoms with Gasteiger partial charge in [0.05, 0.1) is 6.10 Å². The molecule has 0 aromatic carbocycles. The summed E-state index contributed by atoms with van der Waals surface area (Å²) in [7, 11) is 0. The first-order chi connectivity index (χ1) is 8.24. The van der Waals surface area contributed by atoms with Crippen molar-refractivity contribution in [2.45, 2.75) is 43.9 Å². The molecule has 2 aliphatic heterocycles. The molecule has 17 heavy (non-hydrogen) atoms. The van der Waals surface area contributed by atoms with Crippen LogP contribution in [0.2, 0.25) is 0 Å². The zero-order valence-corrected chi connectivity index (χ0v) is 10.1. The first-order valence-electron chi connectivity index (χ1n) is 5.77. The summed E-state index contributed by atoms with van der Waals surface area (Å²) < 4.78 is 0. The number of aliphatic hydroxyl groups is 1. The maximum absolute atomic E-state index is 12.1. The molecular weight excluding hydrogens is 240 g/mol. The Labute approximate surface area is 103 Å². The highest BCUT2D eigenvalue weighted by Gasteiger charge is 2.42. The molecule has 0 radical (unpaired) electrons. The first-order valence-corrected chi connectivity index (χ1v) is 6.65. The third kappa shape index (κ3) is 2.00. The Morgan fingerprint density at radius 1 is 1.47 bits per heavy atom. The van der Waals surface area contributed by atoms with E-state index in [4.69, 9.17) is 0 Å². The van der Waals surface area contributed by atoms with Gasteiger partial charge < -0.3 is 10.0 Å². The van der Waals surface area contributed by atoms with Crippen LogP contribution in [0.4, 0.5) is 9.93 Å². The average molecular weight is 254 g/mol. The van der Waals surface area contributed by atoms with Gasteiger partial charge in [0.15, 0.2) is 0 Å². The molecule has 2 bridgehead atoms. The lowest BCUT2D eigenvalue weighted by atomic mass is 10.0. The number of hydrogen-bond acceptors (Lipinski definition) is 5. The fraction of sp³-hybridized carbons (Fsp3) is 0.700. The fourth-order valence-electron chi connectivity index (χ4n) is 2.86. The Bertz CT molecular complexity index is 396. The van der Waals surface area contributed by atoms with Crippen molar-refractivity contribution in [1.29, 1.82) is 0 Å². The molecule has 92 valence electrons. The van der Waals surface area contributed by atoms with Gasteiger partial charge in [-0.3, -0.25) is 5.32 Å². The molecule has 2 amide bonds. The molecule has 3 atom stereocenters. The van der Waals surface area contributed by atoms with Gasteiger partial charge in [0.1, 0.15) is 5.51 Å². The van der Waals surface area contributed by atoms with E-state index in [1.165, 1.54) is 11.3 Å². The summed E-state index contributed by atoms with van der Waals surface area (Å²) in [6.07, 6.45) is 3.12. The molecule has 6 nitrogen and oxygen atoms in total. The van der Waals surface area contributed by atoms with Crippen LogP contribution in [0.1, 0.15) is 25.7 Å². The van der Waals surface area contributed by atoms with Crippen molar-refractivity contribution in [1.82, 2.24) is 15.1 Å². The van der Waals surface area contributed by atoms with E-state index in [2.05, 4.69) is 15.5 Å². The summed E-state index contributed by atoms with van der Waals surface area (Å²) in [6.45, 7) is 0. The zero-order chi connectivity index (χ0) is 11.8. The number of aliphatic hydroxyl groups excluding tert-OH is 1. The number of anilines is 1. The quantitative estimate of drug-likeness (QED) is 0.785. The standard InChI is InChI=1S/C10H14N4O2S/c15-8-3-6-1-2-7(4-8)14(6)10(16)12-9-13-11-5-17-9/h5-8,15H,1-4H2,(H,12,13,16)/t6-,7+,8?. The maximum Gasteiger partial charge on any atom is 0.324 e. The van der Waals surface area contributed by atoms with Gasteiger partial charge in [0, 0.05) is 12.1 Å². The lowest BCUT2D eigenvalue weighted by molar-refractivity contribution is 0.0580. The van der Waals surface area contributed by atoms with Crippen LogP contribution in [-0.4, -0.2) is 44.4 Å². The van der Waals surface area contributed by atoms with Crippen LogP contribution >= 0.6 is 11.3 Å². The molecule has 1 unspecified atom stereocenters. The zero-order valence-electron chi connectivity index (χ0n) is 9.24. The molecule has 0 aliphatic carbocycles. The van der Waals surface area contributed by atoms with Crippen LogP contribution in [-0.2, 0) is 0 Å². The van der Waals surface area contributed by atoms with Crippen molar-refractivity contribution < 1.29 is 9.90 Å². The number of piperidine rings is 1. The average Bonchev–Trinajstić information content (AvgIpc) is 2.86. The second-order valence-electron chi connectivity index (χ2n) is 4.59.